The Morgan fingerprint density at radius 3 is 2.31 bits per heavy atom. The molecule has 1 saturated carbocycles. The fourth-order valence-electron chi connectivity index (χ4n) is 3.17. The standard InChI is InChI=1S/C17H24ClN3O3S.ClH/c18-14-3-5-15(6-4-14)25(23,24)21-9-7-13(8-10-21)17(22)20-11-16(19)12-1-2-12;/h3-6,12-13,16H,1-2,7-11,19H2,(H,20,22);1H. The molecule has 0 bridgehead atoms. The molecule has 1 aliphatic carbocycles. The molecule has 1 aromatic rings. The van der Waals surface area contributed by atoms with Crippen molar-refractivity contribution in [2.75, 3.05) is 19.6 Å². The van der Waals surface area contributed by atoms with Crippen molar-refractivity contribution >= 4 is 39.9 Å². The number of nitrogens with zero attached hydrogens (tertiary/aromatic N) is 1. The van der Waals surface area contributed by atoms with Gasteiger partial charge in [-0.2, -0.15) is 4.31 Å². The number of benzene rings is 1. The molecule has 26 heavy (non-hydrogen) atoms. The Bertz CT molecular complexity index is 715. The van der Waals surface area contributed by atoms with E-state index in [-0.39, 0.29) is 35.2 Å². The van der Waals surface area contributed by atoms with E-state index in [1.54, 1.807) is 12.1 Å². The SMILES string of the molecule is Cl.NC(CNC(=O)C1CCN(S(=O)(=O)c2ccc(Cl)cc2)CC1)C1CC1. The summed E-state index contributed by atoms with van der Waals surface area (Å²) in [5, 5.41) is 3.42. The predicted octanol–water partition coefficient (Wildman–Crippen LogP) is 2.02. The highest BCUT2D eigenvalue weighted by molar-refractivity contribution is 7.89. The number of nitrogens with two attached hydrogens (primary N) is 1. The van der Waals surface area contributed by atoms with Gasteiger partial charge in [-0.25, -0.2) is 8.42 Å². The summed E-state index contributed by atoms with van der Waals surface area (Å²) in [4.78, 5) is 12.5. The van der Waals surface area contributed by atoms with Crippen molar-refractivity contribution in [2.24, 2.45) is 17.6 Å². The van der Waals surface area contributed by atoms with Crippen molar-refractivity contribution in [2.45, 2.75) is 36.6 Å². The van der Waals surface area contributed by atoms with Gasteiger partial charge in [-0.3, -0.25) is 4.79 Å². The van der Waals surface area contributed by atoms with Gasteiger partial charge in [-0.15, -0.1) is 12.4 Å². The first-order valence-corrected chi connectivity index (χ1v) is 10.5. The molecule has 1 unspecified atom stereocenters. The van der Waals surface area contributed by atoms with Crippen molar-refractivity contribution < 1.29 is 13.2 Å². The van der Waals surface area contributed by atoms with Crippen LogP contribution in [0, 0.1) is 11.8 Å². The van der Waals surface area contributed by atoms with Crippen molar-refractivity contribution in [3.05, 3.63) is 29.3 Å². The highest BCUT2D eigenvalue weighted by Crippen LogP contribution is 2.31. The second kappa shape index (κ2) is 8.89. The number of rotatable bonds is 6. The molecule has 1 saturated heterocycles. The van der Waals surface area contributed by atoms with E-state index in [9.17, 15) is 13.2 Å². The molecule has 3 rings (SSSR count). The topological polar surface area (TPSA) is 92.5 Å². The normalized spacial score (nSPS) is 20.2. The third kappa shape index (κ3) is 5.10. The van der Waals surface area contributed by atoms with E-state index in [0.717, 1.165) is 12.8 Å². The number of sulfonamides is 1. The zero-order chi connectivity index (χ0) is 18.0. The minimum absolute atomic E-state index is 0. The highest BCUT2D eigenvalue weighted by Gasteiger charge is 2.33. The van der Waals surface area contributed by atoms with Gasteiger partial charge >= 0.3 is 0 Å². The fourth-order valence-corrected chi connectivity index (χ4v) is 4.76. The summed E-state index contributed by atoms with van der Waals surface area (Å²) in [6.45, 7) is 1.20. The molecule has 1 amide bonds. The van der Waals surface area contributed by atoms with Crippen molar-refractivity contribution in [3.63, 3.8) is 0 Å². The average molecular weight is 422 g/mol. The molecule has 146 valence electrons. The lowest BCUT2D eigenvalue weighted by Gasteiger charge is -2.30. The van der Waals surface area contributed by atoms with Crippen molar-refractivity contribution in [1.82, 2.24) is 9.62 Å². The maximum Gasteiger partial charge on any atom is 0.243 e. The first-order chi connectivity index (χ1) is 11.9. The third-order valence-corrected chi connectivity index (χ3v) is 7.18. The van der Waals surface area contributed by atoms with Crippen LogP contribution in [0.15, 0.2) is 29.2 Å². The number of carbonyl (C=O) groups is 1. The van der Waals surface area contributed by atoms with Crippen LogP contribution in [0.3, 0.4) is 0 Å². The second-order valence-electron chi connectivity index (χ2n) is 6.88. The number of piperidine rings is 1. The first kappa shape index (κ1) is 21.4. The molecule has 1 aromatic carbocycles. The largest absolute Gasteiger partial charge is 0.354 e. The van der Waals surface area contributed by atoms with Crippen LogP contribution in [0.4, 0.5) is 0 Å². The molecule has 9 heteroatoms. The molecule has 3 N–H and O–H groups in total. The van der Waals surface area contributed by atoms with E-state index < -0.39 is 10.0 Å². The van der Waals surface area contributed by atoms with Gasteiger partial charge in [-0.05, 0) is 55.9 Å². The summed E-state index contributed by atoms with van der Waals surface area (Å²) in [5.41, 5.74) is 6.00. The minimum atomic E-state index is -3.53. The number of amides is 1. The van der Waals surface area contributed by atoms with Gasteiger partial charge in [-0.1, -0.05) is 11.6 Å². The molecule has 0 aromatic heterocycles. The van der Waals surface area contributed by atoms with Crippen LogP contribution in [0.5, 0.6) is 0 Å². The van der Waals surface area contributed by atoms with E-state index >= 15 is 0 Å². The van der Waals surface area contributed by atoms with Crippen LogP contribution in [0.1, 0.15) is 25.7 Å². The van der Waals surface area contributed by atoms with E-state index in [1.807, 2.05) is 0 Å². The van der Waals surface area contributed by atoms with Gasteiger partial charge in [0.05, 0.1) is 4.90 Å². The second-order valence-corrected chi connectivity index (χ2v) is 9.25. The smallest absolute Gasteiger partial charge is 0.243 e. The number of halogens is 2. The first-order valence-electron chi connectivity index (χ1n) is 8.67. The van der Waals surface area contributed by atoms with Crippen molar-refractivity contribution in [1.29, 1.82) is 0 Å². The maximum absolute atomic E-state index is 12.6. The van der Waals surface area contributed by atoms with Gasteiger partial charge in [0, 0.05) is 36.6 Å². The molecule has 2 aliphatic rings. The molecule has 0 radical (unpaired) electrons. The van der Waals surface area contributed by atoms with Crippen molar-refractivity contribution in [3.8, 4) is 0 Å². The summed E-state index contributed by atoms with van der Waals surface area (Å²) in [6, 6.07) is 6.19. The molecule has 0 spiro atoms. The van der Waals surface area contributed by atoms with Gasteiger partial charge in [0.1, 0.15) is 0 Å². The lowest BCUT2D eigenvalue weighted by Crippen LogP contribution is -2.45. The van der Waals surface area contributed by atoms with Crippen LogP contribution in [0.25, 0.3) is 0 Å². The molecule has 6 nitrogen and oxygen atoms in total. The molecule has 1 atom stereocenters. The number of carbonyl (C=O) groups excluding carboxylic acids is 1. The Labute approximate surface area is 165 Å². The lowest BCUT2D eigenvalue weighted by atomic mass is 9.97. The highest BCUT2D eigenvalue weighted by atomic mass is 35.5. The maximum atomic E-state index is 12.6. The van der Waals surface area contributed by atoms with Gasteiger partial charge in [0.2, 0.25) is 15.9 Å². The number of hydrogen-bond acceptors (Lipinski definition) is 4. The Balaban J connectivity index is 0.00000243. The summed E-state index contributed by atoms with van der Waals surface area (Å²) >= 11 is 5.81. The van der Waals surface area contributed by atoms with Crippen LogP contribution >= 0.6 is 24.0 Å². The molecule has 1 aliphatic heterocycles. The summed E-state index contributed by atoms with van der Waals surface area (Å²) < 4.78 is 26.7. The lowest BCUT2D eigenvalue weighted by molar-refractivity contribution is -0.126. The molecule has 2 fully saturated rings. The average Bonchev–Trinajstić information content (AvgIpc) is 3.45. The van der Waals surface area contributed by atoms with Crippen LogP contribution in [-0.4, -0.2) is 44.3 Å². The van der Waals surface area contributed by atoms with Crippen LogP contribution in [0.2, 0.25) is 5.02 Å². The quantitative estimate of drug-likeness (QED) is 0.734. The molecular weight excluding hydrogens is 397 g/mol. The Morgan fingerprint density at radius 1 is 1.19 bits per heavy atom. The van der Waals surface area contributed by atoms with E-state index in [0.29, 0.717) is 43.4 Å². The fraction of sp³-hybridized carbons (Fsp3) is 0.588. The Morgan fingerprint density at radius 2 is 1.77 bits per heavy atom. The molecule has 1 heterocycles. The van der Waals surface area contributed by atoms with E-state index in [2.05, 4.69) is 5.32 Å². The Hall–Kier alpha value is -0.860. The Kier molecular flexibility index (Phi) is 7.33. The van der Waals surface area contributed by atoms with E-state index in [1.165, 1.54) is 16.4 Å². The van der Waals surface area contributed by atoms with Gasteiger partial charge < -0.3 is 11.1 Å². The monoisotopic (exact) mass is 421 g/mol. The van der Waals surface area contributed by atoms with E-state index in [4.69, 9.17) is 17.3 Å². The summed E-state index contributed by atoms with van der Waals surface area (Å²) in [6.07, 6.45) is 3.35. The predicted molar refractivity (Wildman–Crippen MR) is 104 cm³/mol. The molecular formula is C17H25Cl2N3O3S. The van der Waals surface area contributed by atoms with Gasteiger partial charge in [0.25, 0.3) is 0 Å². The number of nitrogens with one attached hydrogen (secondary N) is 1. The third-order valence-electron chi connectivity index (χ3n) is 5.02. The van der Waals surface area contributed by atoms with Crippen LogP contribution < -0.4 is 11.1 Å². The zero-order valence-corrected chi connectivity index (χ0v) is 16.8. The van der Waals surface area contributed by atoms with Crippen LogP contribution in [-0.2, 0) is 14.8 Å². The minimum Gasteiger partial charge on any atom is -0.354 e. The number of hydrogen-bond donors (Lipinski definition) is 2. The zero-order valence-electron chi connectivity index (χ0n) is 14.4. The van der Waals surface area contributed by atoms with Gasteiger partial charge in [0.15, 0.2) is 0 Å². The summed E-state index contributed by atoms with van der Waals surface area (Å²) in [7, 11) is -3.53. The summed E-state index contributed by atoms with van der Waals surface area (Å²) in [5.74, 6) is 0.384.